The van der Waals surface area contributed by atoms with Crippen LogP contribution in [0.15, 0.2) is 17.8 Å². The molecular weight excluding hydrogens is 387 g/mol. The number of imide groups is 1. The summed E-state index contributed by atoms with van der Waals surface area (Å²) in [4.78, 5) is 22.6. The first kappa shape index (κ1) is 15.6. The van der Waals surface area contributed by atoms with Crippen LogP contribution in [0.1, 0.15) is 19.4 Å². The molecule has 21 heavy (non-hydrogen) atoms. The van der Waals surface area contributed by atoms with Crippen LogP contribution in [0, 0.1) is 3.57 Å². The fourth-order valence-electron chi connectivity index (χ4n) is 1.87. The SMILES string of the molecule is CCOc1cc(C=C2NC(=O)NC2=O)cc(I)c1OCC. The summed E-state index contributed by atoms with van der Waals surface area (Å²) in [5.74, 6) is 0.853. The Morgan fingerprint density at radius 1 is 1.14 bits per heavy atom. The van der Waals surface area contributed by atoms with Crippen molar-refractivity contribution >= 4 is 40.6 Å². The summed E-state index contributed by atoms with van der Waals surface area (Å²) in [6, 6.07) is 3.12. The maximum Gasteiger partial charge on any atom is 0.326 e. The minimum atomic E-state index is -0.517. The van der Waals surface area contributed by atoms with Gasteiger partial charge < -0.3 is 14.8 Å². The van der Waals surface area contributed by atoms with Gasteiger partial charge in [0.1, 0.15) is 5.70 Å². The lowest BCUT2D eigenvalue weighted by atomic mass is 10.1. The number of urea groups is 1. The zero-order chi connectivity index (χ0) is 15.4. The molecule has 1 aliphatic heterocycles. The lowest BCUT2D eigenvalue weighted by Crippen LogP contribution is -2.22. The van der Waals surface area contributed by atoms with Crippen LogP contribution < -0.4 is 20.1 Å². The molecule has 0 bridgehead atoms. The minimum Gasteiger partial charge on any atom is -0.490 e. The molecule has 1 heterocycles. The molecule has 1 aliphatic rings. The van der Waals surface area contributed by atoms with Crippen molar-refractivity contribution in [2.24, 2.45) is 0 Å². The first-order valence-electron chi connectivity index (χ1n) is 6.48. The van der Waals surface area contributed by atoms with E-state index >= 15 is 0 Å². The molecule has 7 heteroatoms. The Hall–Kier alpha value is -1.77. The molecule has 0 atom stereocenters. The van der Waals surface area contributed by atoms with Crippen molar-refractivity contribution < 1.29 is 19.1 Å². The first-order chi connectivity index (χ1) is 10.0. The molecule has 1 fully saturated rings. The van der Waals surface area contributed by atoms with Gasteiger partial charge in [0, 0.05) is 0 Å². The van der Waals surface area contributed by atoms with E-state index in [4.69, 9.17) is 9.47 Å². The number of ether oxygens (including phenoxy) is 2. The number of amides is 3. The highest BCUT2D eigenvalue weighted by molar-refractivity contribution is 14.1. The van der Waals surface area contributed by atoms with Crippen molar-refractivity contribution in [1.29, 1.82) is 0 Å². The third-order valence-corrected chi connectivity index (χ3v) is 3.45. The number of hydrogen-bond donors (Lipinski definition) is 2. The third kappa shape index (κ3) is 3.66. The summed E-state index contributed by atoms with van der Waals surface area (Å²) in [6.45, 7) is 4.83. The fourth-order valence-corrected chi connectivity index (χ4v) is 2.65. The van der Waals surface area contributed by atoms with Gasteiger partial charge in [0.05, 0.1) is 16.8 Å². The van der Waals surface area contributed by atoms with E-state index in [1.807, 2.05) is 19.9 Å². The predicted molar refractivity (Wildman–Crippen MR) is 86.1 cm³/mol. The third-order valence-electron chi connectivity index (χ3n) is 2.65. The number of carbonyl (C=O) groups is 2. The quantitative estimate of drug-likeness (QED) is 0.450. The van der Waals surface area contributed by atoms with Crippen molar-refractivity contribution in [3.63, 3.8) is 0 Å². The van der Waals surface area contributed by atoms with Gasteiger partial charge in [-0.3, -0.25) is 10.1 Å². The van der Waals surface area contributed by atoms with Gasteiger partial charge >= 0.3 is 6.03 Å². The van der Waals surface area contributed by atoms with E-state index in [0.717, 1.165) is 9.13 Å². The number of rotatable bonds is 5. The van der Waals surface area contributed by atoms with Crippen molar-refractivity contribution in [2.75, 3.05) is 13.2 Å². The van der Waals surface area contributed by atoms with Gasteiger partial charge in [0.2, 0.25) is 0 Å². The smallest absolute Gasteiger partial charge is 0.326 e. The van der Waals surface area contributed by atoms with Crippen LogP contribution in [-0.4, -0.2) is 25.2 Å². The highest BCUT2D eigenvalue weighted by Gasteiger charge is 2.23. The summed E-state index contributed by atoms with van der Waals surface area (Å²) < 4.78 is 12.0. The number of carbonyl (C=O) groups excluding carboxylic acids is 2. The Labute approximate surface area is 136 Å². The fraction of sp³-hybridized carbons (Fsp3) is 0.286. The molecule has 0 radical (unpaired) electrons. The Bertz CT molecular complexity index is 613. The van der Waals surface area contributed by atoms with E-state index in [1.54, 1.807) is 12.1 Å². The van der Waals surface area contributed by atoms with E-state index in [2.05, 4.69) is 33.2 Å². The van der Waals surface area contributed by atoms with Gasteiger partial charge in [-0.05, 0) is 60.2 Å². The average Bonchev–Trinajstić information content (AvgIpc) is 2.72. The Morgan fingerprint density at radius 3 is 2.43 bits per heavy atom. The van der Waals surface area contributed by atoms with Crippen LogP contribution in [-0.2, 0) is 4.79 Å². The molecule has 0 saturated carbocycles. The normalized spacial score (nSPS) is 15.9. The second-order valence-electron chi connectivity index (χ2n) is 4.16. The summed E-state index contributed by atoms with van der Waals surface area (Å²) in [5, 5.41) is 4.61. The summed E-state index contributed by atoms with van der Waals surface area (Å²) in [7, 11) is 0. The molecule has 1 aromatic rings. The lowest BCUT2D eigenvalue weighted by molar-refractivity contribution is -0.115. The van der Waals surface area contributed by atoms with E-state index in [1.165, 1.54) is 0 Å². The van der Waals surface area contributed by atoms with Crippen LogP contribution in [0.5, 0.6) is 11.5 Å². The van der Waals surface area contributed by atoms with E-state index in [-0.39, 0.29) is 5.70 Å². The molecule has 112 valence electrons. The van der Waals surface area contributed by atoms with Crippen molar-refractivity contribution in [1.82, 2.24) is 10.6 Å². The van der Waals surface area contributed by atoms with Gasteiger partial charge in [-0.25, -0.2) is 4.79 Å². The van der Waals surface area contributed by atoms with Gasteiger partial charge in [-0.2, -0.15) is 0 Å². The van der Waals surface area contributed by atoms with Gasteiger partial charge in [-0.15, -0.1) is 0 Å². The van der Waals surface area contributed by atoms with Crippen molar-refractivity contribution in [3.05, 3.63) is 27.0 Å². The standard InChI is InChI=1S/C14H15IN2O4/c1-3-20-11-7-8(5-9(15)12(11)21-4-2)6-10-13(18)17-14(19)16-10/h5-7H,3-4H2,1-2H3,(H2,16,17,18,19). The van der Waals surface area contributed by atoms with Crippen LogP contribution in [0.25, 0.3) is 6.08 Å². The Balaban J connectivity index is 2.39. The van der Waals surface area contributed by atoms with Crippen LogP contribution in [0.3, 0.4) is 0 Å². The highest BCUT2D eigenvalue weighted by Crippen LogP contribution is 2.34. The van der Waals surface area contributed by atoms with E-state index < -0.39 is 11.9 Å². The molecule has 0 spiro atoms. The summed E-state index contributed by atoms with van der Waals surface area (Å²) >= 11 is 2.15. The van der Waals surface area contributed by atoms with Crippen molar-refractivity contribution in [3.8, 4) is 11.5 Å². The van der Waals surface area contributed by atoms with E-state index in [0.29, 0.717) is 24.7 Å². The molecular formula is C14H15IN2O4. The Kier molecular flexibility index (Phi) is 5.05. The zero-order valence-electron chi connectivity index (χ0n) is 11.7. The first-order valence-corrected chi connectivity index (χ1v) is 7.56. The molecule has 3 amide bonds. The topological polar surface area (TPSA) is 76.7 Å². The molecule has 2 N–H and O–H groups in total. The minimum absolute atomic E-state index is 0.211. The average molecular weight is 402 g/mol. The van der Waals surface area contributed by atoms with Gasteiger partial charge in [0.25, 0.3) is 5.91 Å². The molecule has 6 nitrogen and oxygen atoms in total. The molecule has 0 aromatic heterocycles. The second-order valence-corrected chi connectivity index (χ2v) is 5.32. The highest BCUT2D eigenvalue weighted by atomic mass is 127. The molecule has 1 aromatic carbocycles. The largest absolute Gasteiger partial charge is 0.490 e. The van der Waals surface area contributed by atoms with Crippen LogP contribution >= 0.6 is 22.6 Å². The molecule has 0 unspecified atom stereocenters. The van der Waals surface area contributed by atoms with Crippen LogP contribution in [0.4, 0.5) is 4.79 Å². The monoisotopic (exact) mass is 402 g/mol. The lowest BCUT2D eigenvalue weighted by Gasteiger charge is -2.13. The Morgan fingerprint density at radius 2 is 1.86 bits per heavy atom. The number of benzene rings is 1. The summed E-state index contributed by atoms with van der Waals surface area (Å²) in [5.41, 5.74) is 0.959. The van der Waals surface area contributed by atoms with Gasteiger partial charge in [0.15, 0.2) is 11.5 Å². The predicted octanol–water partition coefficient (Wildman–Crippen LogP) is 2.27. The maximum atomic E-state index is 11.5. The molecule has 1 saturated heterocycles. The van der Waals surface area contributed by atoms with E-state index in [9.17, 15) is 9.59 Å². The second kappa shape index (κ2) is 6.79. The van der Waals surface area contributed by atoms with Gasteiger partial charge in [-0.1, -0.05) is 0 Å². The summed E-state index contributed by atoms with van der Waals surface area (Å²) in [6.07, 6.45) is 1.60. The van der Waals surface area contributed by atoms with Crippen LogP contribution in [0.2, 0.25) is 0 Å². The maximum absolute atomic E-state index is 11.5. The number of nitrogens with one attached hydrogen (secondary N) is 2. The number of halogens is 1. The van der Waals surface area contributed by atoms with Crippen molar-refractivity contribution in [2.45, 2.75) is 13.8 Å². The molecule has 2 rings (SSSR count). The molecule has 0 aliphatic carbocycles. The zero-order valence-corrected chi connectivity index (χ0v) is 13.8. The number of hydrogen-bond acceptors (Lipinski definition) is 4.